The van der Waals surface area contributed by atoms with Crippen molar-refractivity contribution in [3.05, 3.63) is 30.1 Å². The van der Waals surface area contributed by atoms with Crippen LogP contribution in [0.5, 0.6) is 0 Å². The molecule has 80 valence electrons. The van der Waals surface area contributed by atoms with E-state index in [4.69, 9.17) is 0 Å². The number of hydrogen-bond acceptors (Lipinski definition) is 2. The molecule has 0 saturated heterocycles. The van der Waals surface area contributed by atoms with Gasteiger partial charge in [0.15, 0.2) is 0 Å². The lowest BCUT2D eigenvalue weighted by molar-refractivity contribution is -0.119. The molecular weight excluding hydrogens is 197 g/mol. The average molecular weight is 209 g/mol. The summed E-state index contributed by atoms with van der Waals surface area (Å²) >= 11 is 0. The van der Waals surface area contributed by atoms with Crippen molar-refractivity contribution in [3.63, 3.8) is 0 Å². The van der Waals surface area contributed by atoms with E-state index in [-0.39, 0.29) is 24.6 Å². The second-order valence-electron chi connectivity index (χ2n) is 2.98. The highest BCUT2D eigenvalue weighted by Crippen LogP contribution is 2.18. The number of carbonyl (C=O) groups is 2. The largest absolute Gasteiger partial charge is 0.302 e. The molecule has 0 aliphatic rings. The van der Waals surface area contributed by atoms with E-state index in [1.54, 1.807) is 13.0 Å². The average Bonchev–Trinajstić information content (AvgIpc) is 2.26. The van der Waals surface area contributed by atoms with Gasteiger partial charge in [0.1, 0.15) is 12.1 Å². The lowest BCUT2D eigenvalue weighted by Crippen LogP contribution is -2.32. The number of anilines is 1. The summed E-state index contributed by atoms with van der Waals surface area (Å²) in [5.74, 6) is -0.770. The summed E-state index contributed by atoms with van der Waals surface area (Å²) in [5.41, 5.74) is 0.149. The number of halogens is 1. The highest BCUT2D eigenvalue weighted by Gasteiger charge is 2.16. The summed E-state index contributed by atoms with van der Waals surface area (Å²) in [5, 5.41) is 0. The van der Waals surface area contributed by atoms with Crippen LogP contribution >= 0.6 is 0 Å². The van der Waals surface area contributed by atoms with E-state index in [9.17, 15) is 14.0 Å². The van der Waals surface area contributed by atoms with Crippen molar-refractivity contribution >= 4 is 17.9 Å². The molecule has 1 rings (SSSR count). The molecule has 0 bridgehead atoms. The minimum atomic E-state index is -0.499. The van der Waals surface area contributed by atoms with E-state index in [1.165, 1.54) is 18.2 Å². The fourth-order valence-corrected chi connectivity index (χ4v) is 1.27. The first-order valence-electron chi connectivity index (χ1n) is 4.69. The Balaban J connectivity index is 3.03. The zero-order valence-electron chi connectivity index (χ0n) is 8.44. The Kier molecular flexibility index (Phi) is 3.97. The summed E-state index contributed by atoms with van der Waals surface area (Å²) in [7, 11) is 0. The molecular formula is C11H12FNO2. The second kappa shape index (κ2) is 5.24. The molecule has 0 atom stereocenters. The topological polar surface area (TPSA) is 37.4 Å². The normalized spacial score (nSPS) is 9.73. The van der Waals surface area contributed by atoms with Gasteiger partial charge in [0.2, 0.25) is 5.91 Å². The van der Waals surface area contributed by atoms with Crippen LogP contribution in [-0.4, -0.2) is 18.7 Å². The second-order valence-corrected chi connectivity index (χ2v) is 2.98. The van der Waals surface area contributed by atoms with Gasteiger partial charge in [-0.25, -0.2) is 4.39 Å². The van der Waals surface area contributed by atoms with Crippen LogP contribution in [0.2, 0.25) is 0 Å². The molecule has 0 fully saturated rings. The van der Waals surface area contributed by atoms with E-state index in [2.05, 4.69) is 0 Å². The number of rotatable bonds is 4. The Hall–Kier alpha value is -1.71. The van der Waals surface area contributed by atoms with E-state index < -0.39 is 5.82 Å². The highest BCUT2D eigenvalue weighted by molar-refractivity contribution is 5.95. The van der Waals surface area contributed by atoms with Gasteiger partial charge in [-0.05, 0) is 12.1 Å². The quantitative estimate of drug-likeness (QED) is 0.709. The van der Waals surface area contributed by atoms with Crippen LogP contribution in [0.1, 0.15) is 13.3 Å². The van der Waals surface area contributed by atoms with Gasteiger partial charge in [-0.15, -0.1) is 0 Å². The third-order valence-electron chi connectivity index (χ3n) is 2.00. The Labute approximate surface area is 87.5 Å². The smallest absolute Gasteiger partial charge is 0.227 e. The third kappa shape index (κ3) is 2.62. The summed E-state index contributed by atoms with van der Waals surface area (Å²) in [6, 6.07) is 5.90. The molecule has 0 aromatic heterocycles. The Bertz CT molecular complexity index is 365. The summed E-state index contributed by atoms with van der Waals surface area (Å²) in [6.45, 7) is 1.55. The first-order chi connectivity index (χ1) is 7.20. The number of hydrogen-bond donors (Lipinski definition) is 0. The fourth-order valence-electron chi connectivity index (χ4n) is 1.27. The molecule has 4 heteroatoms. The van der Waals surface area contributed by atoms with E-state index in [0.717, 1.165) is 4.90 Å². The Morgan fingerprint density at radius 1 is 1.47 bits per heavy atom. The first-order valence-corrected chi connectivity index (χ1v) is 4.69. The van der Waals surface area contributed by atoms with E-state index >= 15 is 0 Å². The number of nitrogens with zero attached hydrogens (tertiary/aromatic N) is 1. The molecule has 0 aliphatic heterocycles. The number of amides is 1. The van der Waals surface area contributed by atoms with Crippen molar-refractivity contribution in [1.29, 1.82) is 0 Å². The lowest BCUT2D eigenvalue weighted by Gasteiger charge is -2.19. The molecule has 0 aliphatic carbocycles. The van der Waals surface area contributed by atoms with E-state index in [1.807, 2.05) is 0 Å². The number of carbonyl (C=O) groups excluding carboxylic acids is 2. The van der Waals surface area contributed by atoms with Gasteiger partial charge in [-0.1, -0.05) is 19.1 Å². The monoisotopic (exact) mass is 209 g/mol. The Morgan fingerprint density at radius 3 is 2.67 bits per heavy atom. The van der Waals surface area contributed by atoms with Gasteiger partial charge in [0, 0.05) is 6.42 Å². The lowest BCUT2D eigenvalue weighted by atomic mass is 10.2. The summed E-state index contributed by atoms with van der Waals surface area (Å²) in [6.07, 6.45) is 0.822. The van der Waals surface area contributed by atoms with Crippen LogP contribution in [0.3, 0.4) is 0 Å². The zero-order valence-corrected chi connectivity index (χ0v) is 8.44. The molecule has 0 N–H and O–H groups in total. The van der Waals surface area contributed by atoms with E-state index in [0.29, 0.717) is 6.29 Å². The maximum Gasteiger partial charge on any atom is 0.227 e. The van der Waals surface area contributed by atoms with Crippen LogP contribution in [0.4, 0.5) is 10.1 Å². The molecule has 15 heavy (non-hydrogen) atoms. The molecule has 1 amide bonds. The molecule has 1 aromatic rings. The minimum Gasteiger partial charge on any atom is -0.302 e. The molecule has 1 aromatic carbocycles. The molecule has 0 spiro atoms. The van der Waals surface area contributed by atoms with Gasteiger partial charge in [-0.3, -0.25) is 4.79 Å². The zero-order chi connectivity index (χ0) is 11.3. The summed E-state index contributed by atoms with van der Waals surface area (Å²) < 4.78 is 13.3. The number of aldehydes is 1. The third-order valence-corrected chi connectivity index (χ3v) is 2.00. The van der Waals surface area contributed by atoms with Gasteiger partial charge in [-0.2, -0.15) is 0 Å². The van der Waals surface area contributed by atoms with Gasteiger partial charge >= 0.3 is 0 Å². The van der Waals surface area contributed by atoms with Crippen LogP contribution in [-0.2, 0) is 9.59 Å². The van der Waals surface area contributed by atoms with Gasteiger partial charge in [0.25, 0.3) is 0 Å². The number of para-hydroxylation sites is 1. The predicted octanol–water partition coefficient (Wildman–Crippen LogP) is 1.77. The van der Waals surface area contributed by atoms with Crippen molar-refractivity contribution in [2.45, 2.75) is 13.3 Å². The van der Waals surface area contributed by atoms with Crippen molar-refractivity contribution in [3.8, 4) is 0 Å². The Morgan fingerprint density at radius 2 is 2.13 bits per heavy atom. The molecule has 0 saturated carbocycles. The molecule has 0 radical (unpaired) electrons. The van der Waals surface area contributed by atoms with Crippen molar-refractivity contribution in [1.82, 2.24) is 0 Å². The van der Waals surface area contributed by atoms with Crippen LogP contribution in [0, 0.1) is 5.82 Å². The number of benzene rings is 1. The van der Waals surface area contributed by atoms with Gasteiger partial charge in [0.05, 0.1) is 12.2 Å². The predicted molar refractivity (Wildman–Crippen MR) is 55.1 cm³/mol. The maximum absolute atomic E-state index is 13.3. The van der Waals surface area contributed by atoms with Crippen molar-refractivity contribution < 1.29 is 14.0 Å². The fraction of sp³-hybridized carbons (Fsp3) is 0.273. The SMILES string of the molecule is CCC(=O)N(CC=O)c1ccccc1F. The molecule has 0 unspecified atom stereocenters. The van der Waals surface area contributed by atoms with Crippen LogP contribution < -0.4 is 4.90 Å². The standard InChI is InChI=1S/C11H12FNO2/c1-2-11(15)13(7-8-14)10-6-4-3-5-9(10)12/h3-6,8H,2,7H2,1H3. The minimum absolute atomic E-state index is 0.117. The van der Waals surface area contributed by atoms with Crippen LogP contribution in [0.15, 0.2) is 24.3 Å². The highest BCUT2D eigenvalue weighted by atomic mass is 19.1. The molecule has 0 heterocycles. The maximum atomic E-state index is 13.3. The summed E-state index contributed by atoms with van der Waals surface area (Å²) in [4.78, 5) is 23.0. The van der Waals surface area contributed by atoms with Crippen molar-refractivity contribution in [2.24, 2.45) is 0 Å². The molecule has 3 nitrogen and oxygen atoms in total. The van der Waals surface area contributed by atoms with Gasteiger partial charge < -0.3 is 9.69 Å². The van der Waals surface area contributed by atoms with Crippen LogP contribution in [0.25, 0.3) is 0 Å². The van der Waals surface area contributed by atoms with Crippen molar-refractivity contribution in [2.75, 3.05) is 11.4 Å². The first kappa shape index (κ1) is 11.4.